The Morgan fingerprint density at radius 3 is 2.64 bits per heavy atom. The fourth-order valence-corrected chi connectivity index (χ4v) is 4.43. The van der Waals surface area contributed by atoms with Crippen molar-refractivity contribution in [1.29, 1.82) is 0 Å². The minimum Gasteiger partial charge on any atom is -0.356 e. The summed E-state index contributed by atoms with van der Waals surface area (Å²) in [5.41, 5.74) is 1.41. The summed E-state index contributed by atoms with van der Waals surface area (Å²) in [6.07, 6.45) is 5.12. The highest BCUT2D eigenvalue weighted by Gasteiger charge is 2.25. The average Bonchev–Trinajstić information content (AvgIpc) is 3.33. The van der Waals surface area contributed by atoms with Crippen molar-refractivity contribution < 1.29 is 0 Å². The number of likely N-dealkylation sites (tertiary alicyclic amines) is 2. The van der Waals surface area contributed by atoms with Crippen LogP contribution in [0.5, 0.6) is 0 Å². The Hall–Kier alpha value is -0.860. The fraction of sp³-hybridized carbons (Fsp3) is 0.682. The SMILES string of the molecule is CCCN1CCC(CNC(=NC)NCC2CCCN2Cc2ccccc2)C1.I. The maximum Gasteiger partial charge on any atom is 0.191 e. The van der Waals surface area contributed by atoms with Crippen LogP contribution in [0, 0.1) is 5.92 Å². The molecule has 2 atom stereocenters. The van der Waals surface area contributed by atoms with Crippen LogP contribution in [0.3, 0.4) is 0 Å². The second-order valence-corrected chi connectivity index (χ2v) is 8.04. The van der Waals surface area contributed by atoms with E-state index in [4.69, 9.17) is 0 Å². The average molecular weight is 499 g/mol. The minimum atomic E-state index is 0. The Kier molecular flexibility index (Phi) is 10.6. The van der Waals surface area contributed by atoms with Gasteiger partial charge < -0.3 is 15.5 Å². The number of rotatable bonds is 8. The lowest BCUT2D eigenvalue weighted by molar-refractivity contribution is 0.245. The smallest absolute Gasteiger partial charge is 0.191 e. The summed E-state index contributed by atoms with van der Waals surface area (Å²) in [5, 5.41) is 7.13. The van der Waals surface area contributed by atoms with Crippen molar-refractivity contribution in [2.75, 3.05) is 46.3 Å². The van der Waals surface area contributed by atoms with Crippen LogP contribution in [0.1, 0.15) is 38.2 Å². The molecule has 2 unspecified atom stereocenters. The molecule has 2 N–H and O–H groups in total. The van der Waals surface area contributed by atoms with E-state index in [-0.39, 0.29) is 24.0 Å². The van der Waals surface area contributed by atoms with Gasteiger partial charge in [0.05, 0.1) is 0 Å². The maximum absolute atomic E-state index is 4.44. The summed E-state index contributed by atoms with van der Waals surface area (Å²) >= 11 is 0. The van der Waals surface area contributed by atoms with Crippen molar-refractivity contribution in [2.24, 2.45) is 10.9 Å². The molecular formula is C22H38IN5. The normalized spacial score (nSPS) is 23.6. The molecule has 3 rings (SSSR count). The number of nitrogens with one attached hydrogen (secondary N) is 2. The molecule has 6 heteroatoms. The van der Waals surface area contributed by atoms with E-state index in [1.807, 2.05) is 7.05 Å². The second-order valence-electron chi connectivity index (χ2n) is 8.04. The van der Waals surface area contributed by atoms with Crippen LogP contribution in [0.25, 0.3) is 0 Å². The highest BCUT2D eigenvalue weighted by Crippen LogP contribution is 2.19. The molecule has 0 amide bonds. The molecule has 0 bridgehead atoms. The first-order valence-corrected chi connectivity index (χ1v) is 10.7. The number of nitrogens with zero attached hydrogens (tertiary/aromatic N) is 3. The second kappa shape index (κ2) is 12.6. The van der Waals surface area contributed by atoms with Gasteiger partial charge in [-0.05, 0) is 56.8 Å². The molecule has 0 aliphatic carbocycles. The van der Waals surface area contributed by atoms with E-state index in [0.29, 0.717) is 6.04 Å². The maximum atomic E-state index is 4.44. The van der Waals surface area contributed by atoms with Crippen molar-refractivity contribution in [2.45, 2.75) is 45.2 Å². The third kappa shape index (κ3) is 7.19. The molecule has 0 radical (unpaired) electrons. The monoisotopic (exact) mass is 499 g/mol. The van der Waals surface area contributed by atoms with Gasteiger partial charge >= 0.3 is 0 Å². The topological polar surface area (TPSA) is 42.9 Å². The minimum absolute atomic E-state index is 0. The molecule has 2 heterocycles. The highest BCUT2D eigenvalue weighted by atomic mass is 127. The van der Waals surface area contributed by atoms with Gasteiger partial charge in [-0.25, -0.2) is 0 Å². The fourth-order valence-electron chi connectivity index (χ4n) is 4.43. The predicted molar refractivity (Wildman–Crippen MR) is 129 cm³/mol. The number of aliphatic imine (C=N–C) groups is 1. The molecule has 2 aliphatic heterocycles. The number of hydrogen-bond acceptors (Lipinski definition) is 3. The van der Waals surface area contributed by atoms with E-state index in [0.717, 1.165) is 31.5 Å². The number of halogens is 1. The molecular weight excluding hydrogens is 461 g/mol. The largest absolute Gasteiger partial charge is 0.356 e. The molecule has 5 nitrogen and oxygen atoms in total. The third-order valence-corrected chi connectivity index (χ3v) is 5.92. The summed E-state index contributed by atoms with van der Waals surface area (Å²) in [4.78, 5) is 9.63. The first-order valence-electron chi connectivity index (χ1n) is 10.7. The number of benzene rings is 1. The zero-order valence-corrected chi connectivity index (χ0v) is 19.9. The molecule has 1 aromatic carbocycles. The van der Waals surface area contributed by atoms with E-state index in [9.17, 15) is 0 Å². The van der Waals surface area contributed by atoms with Crippen LogP contribution >= 0.6 is 24.0 Å². The number of hydrogen-bond donors (Lipinski definition) is 2. The van der Waals surface area contributed by atoms with Gasteiger partial charge in [-0.2, -0.15) is 0 Å². The predicted octanol–water partition coefficient (Wildman–Crippen LogP) is 3.17. The van der Waals surface area contributed by atoms with Crippen LogP contribution in [0.4, 0.5) is 0 Å². The van der Waals surface area contributed by atoms with Crippen molar-refractivity contribution in [3.05, 3.63) is 35.9 Å². The molecule has 0 spiro atoms. The van der Waals surface area contributed by atoms with Crippen LogP contribution in [-0.2, 0) is 6.54 Å². The van der Waals surface area contributed by atoms with E-state index in [1.165, 1.54) is 57.4 Å². The molecule has 2 aliphatic rings. The Morgan fingerprint density at radius 2 is 1.89 bits per heavy atom. The van der Waals surface area contributed by atoms with Crippen molar-refractivity contribution in [1.82, 2.24) is 20.4 Å². The van der Waals surface area contributed by atoms with E-state index < -0.39 is 0 Å². The van der Waals surface area contributed by atoms with Gasteiger partial charge in [0.1, 0.15) is 0 Å². The van der Waals surface area contributed by atoms with Crippen molar-refractivity contribution in [3.8, 4) is 0 Å². The summed E-state index contributed by atoms with van der Waals surface area (Å²) in [5.74, 6) is 1.70. The third-order valence-electron chi connectivity index (χ3n) is 5.92. The standard InChI is InChI=1S/C22H37N5.HI/c1-3-12-26-14-11-20(17-26)15-24-22(23-2)25-16-21-10-7-13-27(21)18-19-8-5-4-6-9-19;/h4-6,8-9,20-21H,3,7,10-18H2,1-2H3,(H2,23,24,25);1H. The molecule has 0 saturated carbocycles. The molecule has 2 fully saturated rings. The lowest BCUT2D eigenvalue weighted by atomic mass is 10.1. The summed E-state index contributed by atoms with van der Waals surface area (Å²) in [7, 11) is 1.88. The molecule has 2 saturated heterocycles. The molecule has 0 aromatic heterocycles. The molecule has 28 heavy (non-hydrogen) atoms. The van der Waals surface area contributed by atoms with Gasteiger partial charge in [-0.3, -0.25) is 9.89 Å². The molecule has 158 valence electrons. The van der Waals surface area contributed by atoms with Crippen LogP contribution in [-0.4, -0.2) is 68.1 Å². The van der Waals surface area contributed by atoms with Gasteiger partial charge in [0.25, 0.3) is 0 Å². The van der Waals surface area contributed by atoms with E-state index in [1.54, 1.807) is 0 Å². The van der Waals surface area contributed by atoms with Gasteiger partial charge in [0, 0.05) is 39.3 Å². The van der Waals surface area contributed by atoms with Crippen LogP contribution in [0.15, 0.2) is 35.3 Å². The Balaban J connectivity index is 0.00000280. The zero-order chi connectivity index (χ0) is 18.9. The van der Waals surface area contributed by atoms with Gasteiger partial charge in [0.15, 0.2) is 5.96 Å². The van der Waals surface area contributed by atoms with Crippen LogP contribution < -0.4 is 10.6 Å². The zero-order valence-electron chi connectivity index (χ0n) is 17.6. The van der Waals surface area contributed by atoms with E-state index >= 15 is 0 Å². The lowest BCUT2D eigenvalue weighted by Gasteiger charge is -2.26. The first-order chi connectivity index (χ1) is 13.3. The summed E-state index contributed by atoms with van der Waals surface area (Å²) in [6.45, 7) is 10.2. The molecule has 1 aromatic rings. The summed E-state index contributed by atoms with van der Waals surface area (Å²) < 4.78 is 0. The number of guanidine groups is 1. The Bertz CT molecular complexity index is 580. The quantitative estimate of drug-likeness (QED) is 0.328. The van der Waals surface area contributed by atoms with Crippen molar-refractivity contribution >= 4 is 29.9 Å². The summed E-state index contributed by atoms with van der Waals surface area (Å²) in [6, 6.07) is 11.4. The van der Waals surface area contributed by atoms with Gasteiger partial charge in [-0.1, -0.05) is 37.3 Å². The first kappa shape index (κ1) is 23.4. The lowest BCUT2D eigenvalue weighted by Crippen LogP contribution is -2.45. The van der Waals surface area contributed by atoms with E-state index in [2.05, 4.69) is 62.7 Å². The Labute approximate surface area is 188 Å². The van der Waals surface area contributed by atoms with Crippen molar-refractivity contribution in [3.63, 3.8) is 0 Å². The highest BCUT2D eigenvalue weighted by molar-refractivity contribution is 14.0. The van der Waals surface area contributed by atoms with Crippen LogP contribution in [0.2, 0.25) is 0 Å². The Morgan fingerprint density at radius 1 is 1.11 bits per heavy atom. The van der Waals surface area contributed by atoms with Gasteiger partial charge in [-0.15, -0.1) is 24.0 Å². The van der Waals surface area contributed by atoms with Gasteiger partial charge in [0.2, 0.25) is 0 Å².